The molecule has 1 aromatic carbocycles. The Labute approximate surface area is 257 Å². The van der Waals surface area contributed by atoms with E-state index in [1.165, 1.54) is 12.0 Å². The Bertz CT molecular complexity index is 1260. The normalized spacial score (nSPS) is 17.5. The molecule has 1 fully saturated rings. The van der Waals surface area contributed by atoms with Gasteiger partial charge >= 0.3 is 30.3 Å². The number of ether oxygens (including phenoxy) is 1. The predicted molar refractivity (Wildman–Crippen MR) is 148 cm³/mol. The average Bonchev–Trinajstić information content (AvgIpc) is 3.42. The second-order valence-electron chi connectivity index (χ2n) is 9.66. The van der Waals surface area contributed by atoms with Crippen molar-refractivity contribution in [1.82, 2.24) is 16.0 Å². The van der Waals surface area contributed by atoms with E-state index in [9.17, 15) is 41.0 Å². The maximum absolute atomic E-state index is 12.5. The largest absolute Gasteiger partial charge is 0.493 e. The number of hydrogen-bond acceptors (Lipinski definition) is 8. The minimum Gasteiger partial charge on any atom is -0.493 e. The third-order valence-corrected chi connectivity index (χ3v) is 7.25. The second kappa shape index (κ2) is 17.0. The van der Waals surface area contributed by atoms with Gasteiger partial charge in [0, 0.05) is 30.0 Å². The monoisotopic (exact) mass is 671 g/mol. The van der Waals surface area contributed by atoms with Gasteiger partial charge in [0.15, 0.2) is 0 Å². The number of alkyl halides is 6. The van der Waals surface area contributed by atoms with Crippen LogP contribution < -0.4 is 20.7 Å². The highest BCUT2D eigenvalue weighted by Gasteiger charge is 2.39. The van der Waals surface area contributed by atoms with Crippen LogP contribution in [-0.2, 0) is 25.6 Å². The number of allylic oxidation sites excluding steroid dienone is 2. The van der Waals surface area contributed by atoms with Crippen molar-refractivity contribution in [2.75, 3.05) is 24.7 Å². The van der Waals surface area contributed by atoms with Gasteiger partial charge in [0.1, 0.15) is 5.75 Å². The molecule has 4 rings (SSSR count). The number of carboxylic acids is 3. The molecular weight excluding hydrogens is 640 g/mol. The standard InChI is InChI=1S/C23H29N3O4S.2C2HF3O2/c27-21(8-11-31-14-18-6-5-16-2-1-9-24-23(16)25-18)26-19(13-22(28)29)17-4-3-15-7-10-30-20(15)12-17;2*3-2(4,5)1(6)7/h3-6,12,19,23-25H,1-2,7-11,13-14H2,(H,26,27)(H,28,29);2*(H,6,7)/t19-,23?;;/m0../s1. The number of nitrogens with one attached hydrogen (secondary N) is 3. The summed E-state index contributed by atoms with van der Waals surface area (Å²) in [7, 11) is 0. The number of hydrogen-bond donors (Lipinski definition) is 6. The second-order valence-corrected chi connectivity index (χ2v) is 10.8. The Hall–Kier alpha value is -3.93. The van der Waals surface area contributed by atoms with Crippen molar-refractivity contribution in [3.8, 4) is 5.75 Å². The van der Waals surface area contributed by atoms with Crippen LogP contribution in [0, 0.1) is 0 Å². The Kier molecular flexibility index (Phi) is 14.0. The van der Waals surface area contributed by atoms with Crippen LogP contribution in [-0.4, -0.2) is 82.3 Å². The predicted octanol–water partition coefficient (Wildman–Crippen LogP) is 3.77. The molecule has 0 radical (unpaired) electrons. The third kappa shape index (κ3) is 13.3. The van der Waals surface area contributed by atoms with E-state index in [-0.39, 0.29) is 18.5 Å². The van der Waals surface area contributed by atoms with Crippen molar-refractivity contribution in [2.24, 2.45) is 0 Å². The minimum atomic E-state index is -5.08. The van der Waals surface area contributed by atoms with E-state index in [0.717, 1.165) is 47.7 Å². The number of carbonyl (C=O) groups is 4. The summed E-state index contributed by atoms with van der Waals surface area (Å²) in [5.74, 6) is -4.32. The van der Waals surface area contributed by atoms with Crippen molar-refractivity contribution in [2.45, 2.75) is 56.7 Å². The number of piperidine rings is 1. The van der Waals surface area contributed by atoms with Gasteiger partial charge in [0.05, 0.1) is 25.2 Å². The van der Waals surface area contributed by atoms with Gasteiger partial charge in [-0.1, -0.05) is 18.2 Å². The topological polar surface area (TPSA) is 174 Å². The molecule has 3 heterocycles. The van der Waals surface area contributed by atoms with Crippen molar-refractivity contribution in [3.05, 3.63) is 52.7 Å². The zero-order valence-corrected chi connectivity index (χ0v) is 24.3. The molecule has 1 amide bonds. The lowest BCUT2D eigenvalue weighted by Crippen LogP contribution is -2.48. The molecule has 1 aromatic rings. The number of fused-ring (bicyclic) bond motifs is 2. The molecule has 2 atom stereocenters. The molecule has 3 aliphatic heterocycles. The van der Waals surface area contributed by atoms with Crippen LogP contribution >= 0.6 is 11.8 Å². The number of amides is 1. The summed E-state index contributed by atoms with van der Waals surface area (Å²) in [4.78, 5) is 41.6. The van der Waals surface area contributed by atoms with Crippen LogP contribution in [0.2, 0.25) is 0 Å². The highest BCUT2D eigenvalue weighted by atomic mass is 32.2. The van der Waals surface area contributed by atoms with Gasteiger partial charge in [0.25, 0.3) is 0 Å². The average molecular weight is 672 g/mol. The summed E-state index contributed by atoms with van der Waals surface area (Å²) in [5.41, 5.74) is 4.45. The Morgan fingerprint density at radius 2 is 1.64 bits per heavy atom. The van der Waals surface area contributed by atoms with Gasteiger partial charge in [0.2, 0.25) is 5.91 Å². The first kappa shape index (κ1) is 37.3. The van der Waals surface area contributed by atoms with Crippen molar-refractivity contribution >= 4 is 35.6 Å². The lowest BCUT2D eigenvalue weighted by atomic mass is 10.00. The maximum Gasteiger partial charge on any atom is 0.490 e. The summed E-state index contributed by atoms with van der Waals surface area (Å²) >= 11 is 1.70. The molecule has 0 spiro atoms. The molecule has 18 heteroatoms. The quantitative estimate of drug-likeness (QED) is 0.167. The van der Waals surface area contributed by atoms with E-state index in [4.69, 9.17) is 24.5 Å². The van der Waals surface area contributed by atoms with E-state index < -0.39 is 36.3 Å². The van der Waals surface area contributed by atoms with Gasteiger partial charge < -0.3 is 30.7 Å². The zero-order chi connectivity index (χ0) is 33.8. The number of rotatable bonds is 9. The fraction of sp³-hybridized carbons (Fsp3) is 0.481. The van der Waals surface area contributed by atoms with Crippen LogP contribution in [0.3, 0.4) is 0 Å². The molecule has 6 N–H and O–H groups in total. The number of carboxylic acid groups (broad SMARTS) is 3. The first-order valence-electron chi connectivity index (χ1n) is 13.3. The van der Waals surface area contributed by atoms with Gasteiger partial charge in [-0.2, -0.15) is 38.1 Å². The zero-order valence-electron chi connectivity index (χ0n) is 23.5. The Morgan fingerprint density at radius 3 is 2.24 bits per heavy atom. The molecule has 0 bridgehead atoms. The number of aliphatic carboxylic acids is 3. The molecule has 11 nitrogen and oxygen atoms in total. The van der Waals surface area contributed by atoms with E-state index >= 15 is 0 Å². The minimum absolute atomic E-state index is 0.137. The molecule has 1 unspecified atom stereocenters. The smallest absolute Gasteiger partial charge is 0.490 e. The number of benzene rings is 1. The number of dihydropyridines is 1. The van der Waals surface area contributed by atoms with Crippen molar-refractivity contribution < 1.29 is 65.6 Å². The summed E-state index contributed by atoms with van der Waals surface area (Å²) < 4.78 is 69.1. The van der Waals surface area contributed by atoms with Crippen LogP contribution in [0.4, 0.5) is 26.3 Å². The fourth-order valence-electron chi connectivity index (χ4n) is 4.11. The van der Waals surface area contributed by atoms with Crippen LogP contribution in [0.5, 0.6) is 5.75 Å². The molecule has 250 valence electrons. The van der Waals surface area contributed by atoms with Crippen LogP contribution in [0.25, 0.3) is 0 Å². The van der Waals surface area contributed by atoms with Gasteiger partial charge in [-0.25, -0.2) is 9.59 Å². The van der Waals surface area contributed by atoms with Crippen LogP contribution in [0.1, 0.15) is 42.9 Å². The Morgan fingerprint density at radius 1 is 1.00 bits per heavy atom. The highest BCUT2D eigenvalue weighted by Crippen LogP contribution is 2.30. The molecule has 0 saturated carbocycles. The van der Waals surface area contributed by atoms with Gasteiger partial charge in [-0.05, 0) is 48.2 Å². The summed E-state index contributed by atoms with van der Waals surface area (Å²) in [6, 6.07) is 5.14. The molecule has 0 aliphatic carbocycles. The molecule has 3 aliphatic rings. The summed E-state index contributed by atoms with van der Waals surface area (Å²) in [6.45, 7) is 1.68. The first-order chi connectivity index (χ1) is 21.0. The highest BCUT2D eigenvalue weighted by molar-refractivity contribution is 7.99. The Balaban J connectivity index is 0.000000421. The first-order valence-corrected chi connectivity index (χ1v) is 14.5. The number of halogens is 6. The maximum atomic E-state index is 12.5. The molecular formula is C27H31F6N3O8S. The van der Waals surface area contributed by atoms with Crippen LogP contribution in [0.15, 0.2) is 41.6 Å². The summed E-state index contributed by atoms with van der Waals surface area (Å²) in [5, 5.41) is 33.4. The number of carbonyl (C=O) groups excluding carboxylic acids is 1. The van der Waals surface area contributed by atoms with Gasteiger partial charge in [-0.3, -0.25) is 14.9 Å². The fourth-order valence-corrected chi connectivity index (χ4v) is 4.98. The lowest BCUT2D eigenvalue weighted by molar-refractivity contribution is -0.193. The van der Waals surface area contributed by atoms with Crippen molar-refractivity contribution in [1.29, 1.82) is 0 Å². The van der Waals surface area contributed by atoms with E-state index in [1.807, 2.05) is 18.2 Å². The molecule has 1 saturated heterocycles. The van der Waals surface area contributed by atoms with E-state index in [1.54, 1.807) is 11.8 Å². The van der Waals surface area contributed by atoms with E-state index in [2.05, 4.69) is 28.1 Å². The molecule has 0 aromatic heterocycles. The summed E-state index contributed by atoms with van der Waals surface area (Å²) in [6.07, 6.45) is -2.23. The third-order valence-electron chi connectivity index (χ3n) is 6.24. The van der Waals surface area contributed by atoms with Gasteiger partial charge in [-0.15, -0.1) is 0 Å². The van der Waals surface area contributed by atoms with E-state index in [0.29, 0.717) is 18.8 Å². The van der Waals surface area contributed by atoms with Crippen molar-refractivity contribution in [3.63, 3.8) is 0 Å². The molecule has 45 heavy (non-hydrogen) atoms. The number of thioether (sulfide) groups is 1. The lowest BCUT2D eigenvalue weighted by Gasteiger charge is -2.32. The SMILES string of the molecule is O=C(O)C(F)(F)F.O=C(O)C(F)(F)F.O=C(O)C[C@H](NC(=O)CCSCC1=CC=C2CCCNC2N1)c1ccc2c(c1)OCC2.